The van der Waals surface area contributed by atoms with E-state index in [4.69, 9.17) is 19.1 Å². The Labute approximate surface area is 189 Å². The number of aromatic nitrogens is 3. The van der Waals surface area contributed by atoms with E-state index in [1.165, 1.54) is 10.4 Å². The minimum absolute atomic E-state index is 0.0688. The summed E-state index contributed by atoms with van der Waals surface area (Å²) in [4.78, 5) is 12.5. The van der Waals surface area contributed by atoms with Crippen LogP contribution in [0.2, 0.25) is 0 Å². The molecule has 0 spiro atoms. The van der Waals surface area contributed by atoms with Crippen molar-refractivity contribution in [3.8, 4) is 10.4 Å². The number of carboxylic acids is 1. The predicted octanol–water partition coefficient (Wildman–Crippen LogP) is 4.26. The highest BCUT2D eigenvalue weighted by Crippen LogP contribution is 2.28. The van der Waals surface area contributed by atoms with Gasteiger partial charge in [0.25, 0.3) is 0 Å². The first kappa shape index (κ1) is 23.0. The van der Waals surface area contributed by atoms with Crippen molar-refractivity contribution in [2.75, 3.05) is 19.7 Å². The first-order valence-corrected chi connectivity index (χ1v) is 10.7. The maximum atomic E-state index is 10.6. The first-order valence-electron chi connectivity index (χ1n) is 9.85. The van der Waals surface area contributed by atoms with E-state index in [1.807, 2.05) is 16.8 Å². The highest BCUT2D eigenvalue weighted by atomic mass is 32.1. The molecule has 0 radical (unpaired) electrons. The molecule has 0 amide bonds. The quantitative estimate of drug-likeness (QED) is 0.467. The van der Waals surface area contributed by atoms with Crippen molar-refractivity contribution >= 4 is 22.8 Å². The van der Waals surface area contributed by atoms with Gasteiger partial charge in [0, 0.05) is 41.8 Å². The number of thiophene rings is 1. The number of morpholine rings is 1. The van der Waals surface area contributed by atoms with E-state index in [-0.39, 0.29) is 6.10 Å². The summed E-state index contributed by atoms with van der Waals surface area (Å²) >= 11 is 1.72. The van der Waals surface area contributed by atoms with Crippen LogP contribution >= 0.6 is 11.3 Å². The number of halogens is 3. The Hall–Kier alpha value is -3.22. The second-order valence-electron chi connectivity index (χ2n) is 7.23. The van der Waals surface area contributed by atoms with Gasteiger partial charge in [-0.1, -0.05) is 11.3 Å². The molecule has 174 valence electrons. The molecule has 1 N–H and O–H groups in total. The Balaban J connectivity index is 0.000000325. The average molecular weight is 480 g/mol. The van der Waals surface area contributed by atoms with Gasteiger partial charge in [0.2, 0.25) is 0 Å². The number of hydrogen-bond acceptors (Lipinski definition) is 7. The summed E-state index contributed by atoms with van der Waals surface area (Å²) in [7, 11) is 0. The van der Waals surface area contributed by atoms with Crippen LogP contribution in [0.4, 0.5) is 13.2 Å². The van der Waals surface area contributed by atoms with Crippen molar-refractivity contribution in [2.45, 2.75) is 18.8 Å². The number of aliphatic carboxylic acids is 1. The minimum atomic E-state index is -5.08. The van der Waals surface area contributed by atoms with E-state index < -0.39 is 12.1 Å². The van der Waals surface area contributed by atoms with Crippen molar-refractivity contribution in [3.05, 3.63) is 65.7 Å². The summed E-state index contributed by atoms with van der Waals surface area (Å²) in [5.74, 6) is -2.76. The SMILES string of the molecule is O=C(O)C(F)(F)F.c1csc(-c2ccc3c(C4CN(Cc5ccoc5)CCO4)nnn3c2)c1. The molecule has 1 fully saturated rings. The Kier molecular flexibility index (Phi) is 6.77. The van der Waals surface area contributed by atoms with Gasteiger partial charge in [-0.05, 0) is 29.6 Å². The highest BCUT2D eigenvalue weighted by molar-refractivity contribution is 7.13. The van der Waals surface area contributed by atoms with Crippen molar-refractivity contribution in [3.63, 3.8) is 0 Å². The molecule has 33 heavy (non-hydrogen) atoms. The fourth-order valence-corrected chi connectivity index (χ4v) is 4.10. The van der Waals surface area contributed by atoms with Gasteiger partial charge >= 0.3 is 12.1 Å². The highest BCUT2D eigenvalue weighted by Gasteiger charge is 2.38. The van der Waals surface area contributed by atoms with Crippen molar-refractivity contribution in [1.82, 2.24) is 19.7 Å². The molecule has 5 rings (SSSR count). The number of alkyl halides is 3. The van der Waals surface area contributed by atoms with Gasteiger partial charge in [0.1, 0.15) is 11.8 Å². The number of ether oxygens (including phenoxy) is 1. The molecule has 5 heterocycles. The van der Waals surface area contributed by atoms with Crippen LogP contribution in [-0.4, -0.2) is 56.7 Å². The Morgan fingerprint density at radius 1 is 1.27 bits per heavy atom. The smallest absolute Gasteiger partial charge is 0.475 e. The number of carboxylic acid groups (broad SMARTS) is 1. The Bertz CT molecular complexity index is 1190. The molecule has 0 aliphatic carbocycles. The molecule has 0 saturated carbocycles. The maximum absolute atomic E-state index is 10.6. The van der Waals surface area contributed by atoms with Crippen LogP contribution in [0.25, 0.3) is 16.0 Å². The topological polar surface area (TPSA) is 93.1 Å². The molecule has 12 heteroatoms. The summed E-state index contributed by atoms with van der Waals surface area (Å²) in [5, 5.41) is 17.9. The van der Waals surface area contributed by atoms with Gasteiger partial charge in [-0.15, -0.1) is 16.4 Å². The number of hydrogen-bond donors (Lipinski definition) is 1. The lowest BCUT2D eigenvalue weighted by atomic mass is 10.1. The molecule has 0 aromatic carbocycles. The van der Waals surface area contributed by atoms with Gasteiger partial charge in [-0.25, -0.2) is 9.31 Å². The zero-order chi connectivity index (χ0) is 23.4. The molecule has 0 bridgehead atoms. The number of nitrogens with zero attached hydrogens (tertiary/aromatic N) is 4. The molecular formula is C21H19F3N4O4S. The molecular weight excluding hydrogens is 461 g/mol. The molecule has 1 aliphatic rings. The van der Waals surface area contributed by atoms with E-state index in [9.17, 15) is 13.2 Å². The van der Waals surface area contributed by atoms with Crippen LogP contribution in [0.3, 0.4) is 0 Å². The number of pyridine rings is 1. The van der Waals surface area contributed by atoms with Crippen LogP contribution in [0.5, 0.6) is 0 Å². The standard InChI is InChI=1S/C19H18N4O2S.C2HF3O2/c1-2-18(26-9-1)15-3-4-16-19(20-21-23(16)11-15)17-12-22(6-8-25-17)10-14-5-7-24-13-14;3-2(4,5)1(6)7/h1-5,7,9,11,13,17H,6,8,10,12H2;(H,6,7). The van der Waals surface area contributed by atoms with Crippen LogP contribution in [0.15, 0.2) is 58.9 Å². The van der Waals surface area contributed by atoms with Crippen molar-refractivity contribution in [2.24, 2.45) is 0 Å². The van der Waals surface area contributed by atoms with Crippen molar-refractivity contribution < 1.29 is 32.2 Å². The van der Waals surface area contributed by atoms with Gasteiger partial charge < -0.3 is 14.3 Å². The summed E-state index contributed by atoms with van der Waals surface area (Å²) in [6.45, 7) is 3.25. The third kappa shape index (κ3) is 5.59. The summed E-state index contributed by atoms with van der Waals surface area (Å²) in [6, 6.07) is 10.4. The van der Waals surface area contributed by atoms with Gasteiger partial charge in [0.15, 0.2) is 0 Å². The fraction of sp³-hybridized carbons (Fsp3) is 0.286. The second-order valence-corrected chi connectivity index (χ2v) is 8.18. The first-order chi connectivity index (χ1) is 15.8. The van der Waals surface area contributed by atoms with Gasteiger partial charge in [-0.3, -0.25) is 4.90 Å². The third-order valence-electron chi connectivity index (χ3n) is 4.93. The summed E-state index contributed by atoms with van der Waals surface area (Å²) in [6.07, 6.45) is 0.389. The van der Waals surface area contributed by atoms with E-state index in [0.29, 0.717) is 6.61 Å². The maximum Gasteiger partial charge on any atom is 0.490 e. The predicted molar refractivity (Wildman–Crippen MR) is 113 cm³/mol. The van der Waals surface area contributed by atoms with Crippen LogP contribution < -0.4 is 0 Å². The second kappa shape index (κ2) is 9.73. The Morgan fingerprint density at radius 2 is 2.09 bits per heavy atom. The monoisotopic (exact) mass is 480 g/mol. The van der Waals surface area contributed by atoms with Gasteiger partial charge in [-0.2, -0.15) is 13.2 Å². The molecule has 1 atom stereocenters. The van der Waals surface area contributed by atoms with Crippen molar-refractivity contribution in [1.29, 1.82) is 0 Å². The molecule has 1 saturated heterocycles. The normalized spacial score (nSPS) is 17.0. The van der Waals surface area contributed by atoms with Crippen LogP contribution in [0.1, 0.15) is 17.4 Å². The lowest BCUT2D eigenvalue weighted by Gasteiger charge is -2.31. The van der Waals surface area contributed by atoms with E-state index in [0.717, 1.165) is 36.4 Å². The summed E-state index contributed by atoms with van der Waals surface area (Å²) in [5.41, 5.74) is 4.23. The van der Waals surface area contributed by atoms with E-state index in [1.54, 1.807) is 23.9 Å². The molecule has 1 unspecified atom stereocenters. The van der Waals surface area contributed by atoms with Crippen LogP contribution in [-0.2, 0) is 16.1 Å². The molecule has 4 aromatic heterocycles. The number of carbonyl (C=O) groups is 1. The lowest BCUT2D eigenvalue weighted by molar-refractivity contribution is -0.192. The Morgan fingerprint density at radius 3 is 2.76 bits per heavy atom. The van der Waals surface area contributed by atoms with Crippen LogP contribution in [0, 0.1) is 0 Å². The van der Waals surface area contributed by atoms with E-state index >= 15 is 0 Å². The molecule has 8 nitrogen and oxygen atoms in total. The average Bonchev–Trinajstić information content (AvgIpc) is 3.55. The zero-order valence-electron chi connectivity index (χ0n) is 17.1. The van der Waals surface area contributed by atoms with Gasteiger partial charge in [0.05, 0.1) is 24.6 Å². The minimum Gasteiger partial charge on any atom is -0.475 e. The molecule has 1 aliphatic heterocycles. The largest absolute Gasteiger partial charge is 0.490 e. The fourth-order valence-electron chi connectivity index (χ4n) is 3.38. The van der Waals surface area contributed by atoms with E-state index in [2.05, 4.69) is 44.9 Å². The lowest BCUT2D eigenvalue weighted by Crippen LogP contribution is -2.37. The number of fused-ring (bicyclic) bond motifs is 1. The third-order valence-corrected chi connectivity index (χ3v) is 5.85. The zero-order valence-corrected chi connectivity index (χ0v) is 17.9. The summed E-state index contributed by atoms with van der Waals surface area (Å²) < 4.78 is 44.8. The number of rotatable bonds is 4. The molecule has 4 aromatic rings. The number of furan rings is 1.